The van der Waals surface area contributed by atoms with Gasteiger partial charge in [0.25, 0.3) is 0 Å². The summed E-state index contributed by atoms with van der Waals surface area (Å²) in [5.41, 5.74) is 1.25. The van der Waals surface area contributed by atoms with E-state index in [1.807, 2.05) is 6.92 Å². The Labute approximate surface area is 147 Å². The zero-order valence-corrected chi connectivity index (χ0v) is 15.2. The molecule has 0 radical (unpaired) electrons. The summed E-state index contributed by atoms with van der Waals surface area (Å²) < 4.78 is 5.94. The van der Waals surface area contributed by atoms with Crippen LogP contribution in [0.4, 0.5) is 4.79 Å². The van der Waals surface area contributed by atoms with E-state index in [1.165, 1.54) is 44.1 Å². The average molecular weight is 332 g/mol. The molecule has 1 unspecified atom stereocenters. The SMILES string of the molecule is CC(OC(=O)N(C1CCCCC1)C1CCCCC1)C1=CC=CCC1. The lowest BCUT2D eigenvalue weighted by atomic mass is 9.89. The molecular weight excluding hydrogens is 298 g/mol. The first-order chi connectivity index (χ1) is 11.8. The fraction of sp³-hybridized carbons (Fsp3) is 0.762. The molecule has 2 saturated carbocycles. The standard InChI is InChI=1S/C21H33NO2/c1-17(18-11-5-2-6-12-18)24-21(23)22(19-13-7-3-8-14-19)20-15-9-4-10-16-20/h2,5,11,17,19-20H,3-4,6-10,12-16H2,1H3. The summed E-state index contributed by atoms with van der Waals surface area (Å²) in [7, 11) is 0. The van der Waals surface area contributed by atoms with Crippen molar-refractivity contribution in [3.63, 3.8) is 0 Å². The van der Waals surface area contributed by atoms with Gasteiger partial charge in [0.05, 0.1) is 0 Å². The summed E-state index contributed by atoms with van der Waals surface area (Å²) >= 11 is 0. The van der Waals surface area contributed by atoms with Crippen LogP contribution in [0.15, 0.2) is 23.8 Å². The molecule has 0 N–H and O–H groups in total. The Kier molecular flexibility index (Phi) is 6.39. The highest BCUT2D eigenvalue weighted by Crippen LogP contribution is 2.31. The van der Waals surface area contributed by atoms with E-state index >= 15 is 0 Å². The molecule has 3 heteroatoms. The van der Waals surface area contributed by atoms with Crippen LogP contribution in [0.2, 0.25) is 0 Å². The van der Waals surface area contributed by atoms with Gasteiger partial charge < -0.3 is 9.64 Å². The number of hydrogen-bond acceptors (Lipinski definition) is 2. The summed E-state index contributed by atoms with van der Waals surface area (Å²) in [5.74, 6) is 0. The highest BCUT2D eigenvalue weighted by molar-refractivity contribution is 5.69. The molecule has 0 bridgehead atoms. The van der Waals surface area contributed by atoms with Crippen LogP contribution in [-0.4, -0.2) is 29.2 Å². The predicted octanol–water partition coefficient (Wildman–Crippen LogP) is 5.76. The lowest BCUT2D eigenvalue weighted by molar-refractivity contribution is 0.0328. The van der Waals surface area contributed by atoms with Crippen molar-refractivity contribution in [3.05, 3.63) is 23.8 Å². The molecule has 3 nitrogen and oxygen atoms in total. The van der Waals surface area contributed by atoms with Crippen molar-refractivity contribution in [2.24, 2.45) is 0 Å². The minimum absolute atomic E-state index is 0.0586. The van der Waals surface area contributed by atoms with Gasteiger partial charge in [-0.3, -0.25) is 0 Å². The van der Waals surface area contributed by atoms with E-state index in [0.717, 1.165) is 38.5 Å². The van der Waals surface area contributed by atoms with E-state index in [-0.39, 0.29) is 12.2 Å². The van der Waals surface area contributed by atoms with Gasteiger partial charge >= 0.3 is 6.09 Å². The molecular formula is C21H33NO2. The maximum absolute atomic E-state index is 13.1. The molecule has 3 aliphatic rings. The third-order valence-corrected chi connectivity index (χ3v) is 5.99. The number of ether oxygens (including phenoxy) is 1. The molecule has 1 atom stereocenters. The van der Waals surface area contributed by atoms with E-state index in [4.69, 9.17) is 4.74 Å². The Balaban J connectivity index is 1.67. The minimum Gasteiger partial charge on any atom is -0.442 e. The zero-order valence-electron chi connectivity index (χ0n) is 15.2. The Morgan fingerprint density at radius 3 is 2.12 bits per heavy atom. The molecule has 3 rings (SSSR count). The topological polar surface area (TPSA) is 29.5 Å². The number of allylic oxidation sites excluding steroid dienone is 3. The first-order valence-corrected chi connectivity index (χ1v) is 10.1. The van der Waals surface area contributed by atoms with Crippen molar-refractivity contribution in [2.75, 3.05) is 0 Å². The molecule has 1 amide bonds. The van der Waals surface area contributed by atoms with Crippen molar-refractivity contribution in [1.29, 1.82) is 0 Å². The number of amides is 1. The van der Waals surface area contributed by atoms with E-state index in [9.17, 15) is 4.79 Å². The summed E-state index contributed by atoms with van der Waals surface area (Å²) in [6.45, 7) is 2.03. The quantitative estimate of drug-likeness (QED) is 0.656. The third-order valence-electron chi connectivity index (χ3n) is 5.99. The van der Waals surface area contributed by atoms with Crippen molar-refractivity contribution < 1.29 is 9.53 Å². The Morgan fingerprint density at radius 2 is 1.62 bits per heavy atom. The fourth-order valence-electron chi connectivity index (χ4n) is 4.56. The Hall–Kier alpha value is -1.25. The molecule has 0 heterocycles. The second-order valence-electron chi connectivity index (χ2n) is 7.73. The molecule has 0 saturated heterocycles. The largest absolute Gasteiger partial charge is 0.442 e. The van der Waals surface area contributed by atoms with Crippen LogP contribution in [0, 0.1) is 0 Å². The van der Waals surface area contributed by atoms with Gasteiger partial charge in [0.1, 0.15) is 6.10 Å². The van der Waals surface area contributed by atoms with Crippen molar-refractivity contribution in [1.82, 2.24) is 4.90 Å². The van der Waals surface area contributed by atoms with E-state index in [0.29, 0.717) is 12.1 Å². The second kappa shape index (κ2) is 8.73. The number of carbonyl (C=O) groups is 1. The number of nitrogens with zero attached hydrogens (tertiary/aromatic N) is 1. The lowest BCUT2D eigenvalue weighted by Gasteiger charge is -2.41. The van der Waals surface area contributed by atoms with E-state index in [2.05, 4.69) is 23.1 Å². The highest BCUT2D eigenvalue weighted by Gasteiger charge is 2.34. The van der Waals surface area contributed by atoms with E-state index < -0.39 is 0 Å². The monoisotopic (exact) mass is 331 g/mol. The molecule has 3 aliphatic carbocycles. The number of hydrogen-bond donors (Lipinski definition) is 0. The summed E-state index contributed by atoms with van der Waals surface area (Å²) in [6.07, 6.45) is 20.6. The highest BCUT2D eigenvalue weighted by atomic mass is 16.6. The summed E-state index contributed by atoms with van der Waals surface area (Å²) in [4.78, 5) is 15.2. The summed E-state index contributed by atoms with van der Waals surface area (Å²) in [5, 5.41) is 0. The predicted molar refractivity (Wildman–Crippen MR) is 98.0 cm³/mol. The van der Waals surface area contributed by atoms with Gasteiger partial charge in [-0.25, -0.2) is 4.79 Å². The number of rotatable bonds is 4. The van der Waals surface area contributed by atoms with Crippen molar-refractivity contribution in [3.8, 4) is 0 Å². The minimum atomic E-state index is -0.0999. The normalized spacial score (nSPS) is 24.3. The van der Waals surface area contributed by atoms with Gasteiger partial charge in [-0.15, -0.1) is 0 Å². The summed E-state index contributed by atoms with van der Waals surface area (Å²) in [6, 6.07) is 0.809. The van der Waals surface area contributed by atoms with Crippen LogP contribution in [0.5, 0.6) is 0 Å². The van der Waals surface area contributed by atoms with Gasteiger partial charge in [-0.1, -0.05) is 56.8 Å². The van der Waals surface area contributed by atoms with Crippen molar-refractivity contribution in [2.45, 2.75) is 102 Å². The second-order valence-corrected chi connectivity index (χ2v) is 7.73. The van der Waals surface area contributed by atoms with Gasteiger partial charge in [0.2, 0.25) is 0 Å². The fourth-order valence-corrected chi connectivity index (χ4v) is 4.56. The molecule has 0 aromatic heterocycles. The first-order valence-electron chi connectivity index (χ1n) is 10.1. The van der Waals surface area contributed by atoms with Crippen LogP contribution in [-0.2, 0) is 4.74 Å². The maximum Gasteiger partial charge on any atom is 0.410 e. The maximum atomic E-state index is 13.1. The number of carbonyl (C=O) groups excluding carboxylic acids is 1. The van der Waals surface area contributed by atoms with Crippen LogP contribution < -0.4 is 0 Å². The first kappa shape index (κ1) is 17.6. The van der Waals surface area contributed by atoms with Gasteiger partial charge in [0.15, 0.2) is 0 Å². The van der Waals surface area contributed by atoms with Gasteiger partial charge in [0, 0.05) is 12.1 Å². The molecule has 0 spiro atoms. The zero-order chi connectivity index (χ0) is 16.8. The van der Waals surface area contributed by atoms with E-state index in [1.54, 1.807) is 0 Å². The van der Waals surface area contributed by atoms with Crippen LogP contribution in [0.3, 0.4) is 0 Å². The average Bonchev–Trinajstić information content (AvgIpc) is 2.64. The molecule has 2 fully saturated rings. The molecule has 0 aromatic carbocycles. The van der Waals surface area contributed by atoms with Gasteiger partial charge in [-0.05, 0) is 51.0 Å². The Morgan fingerprint density at radius 1 is 1.04 bits per heavy atom. The molecule has 134 valence electrons. The lowest BCUT2D eigenvalue weighted by Crippen LogP contribution is -2.49. The van der Waals surface area contributed by atoms with Crippen molar-refractivity contribution >= 4 is 6.09 Å². The van der Waals surface area contributed by atoms with Crippen LogP contribution in [0.1, 0.15) is 84.0 Å². The van der Waals surface area contributed by atoms with Gasteiger partial charge in [-0.2, -0.15) is 0 Å². The molecule has 0 aromatic rings. The smallest absolute Gasteiger partial charge is 0.410 e. The third kappa shape index (κ3) is 4.43. The van der Waals surface area contributed by atoms with Crippen LogP contribution in [0.25, 0.3) is 0 Å². The molecule has 24 heavy (non-hydrogen) atoms. The van der Waals surface area contributed by atoms with Crippen LogP contribution >= 0.6 is 0 Å². The molecule has 0 aliphatic heterocycles. The Bertz CT molecular complexity index is 452.